The Hall–Kier alpha value is -3.76. The molecule has 0 aromatic heterocycles. The largest absolute Gasteiger partial charge is 0.353 e. The number of rotatable bonds is 4. The van der Waals surface area contributed by atoms with Gasteiger partial charge in [-0.15, -0.1) is 0 Å². The number of carbonyl (C=O) groups is 4. The van der Waals surface area contributed by atoms with Gasteiger partial charge >= 0.3 is 0 Å². The number of nitrogens with one attached hydrogen (secondary N) is 4. The third-order valence-electron chi connectivity index (χ3n) is 5.51. The Morgan fingerprint density at radius 1 is 0.472 bits per heavy atom. The van der Waals surface area contributed by atoms with Crippen LogP contribution in [0.4, 0.5) is 0 Å². The summed E-state index contributed by atoms with van der Waals surface area (Å²) < 4.78 is 0. The van der Waals surface area contributed by atoms with Gasteiger partial charge in [-0.2, -0.15) is 0 Å². The molecule has 0 atom stereocenters. The second-order valence-corrected chi connectivity index (χ2v) is 8.66. The Morgan fingerprint density at radius 3 is 1.03 bits per heavy atom. The van der Waals surface area contributed by atoms with E-state index in [0.717, 1.165) is 11.1 Å². The predicted molar refractivity (Wildman–Crippen MR) is 135 cm³/mol. The van der Waals surface area contributed by atoms with Gasteiger partial charge in [-0.05, 0) is 11.1 Å². The molecule has 0 radical (unpaired) electrons. The standard InChI is InChI=1S/C26H34N6O4/c33-23-17-31(15-21-7-3-1-4-8-21)18-24(34)28-12-14-30-26(36)20-32(16-22-9-5-2-6-10-22)19-25(35)29-13-11-27-23/h1-10H,11-20H2,(H,27,33)(H,28,34)(H,29,35)(H,30,36). The highest BCUT2D eigenvalue weighted by Gasteiger charge is 2.17. The maximum Gasteiger partial charge on any atom is 0.234 e. The molecule has 10 nitrogen and oxygen atoms in total. The van der Waals surface area contributed by atoms with Gasteiger partial charge in [-0.1, -0.05) is 60.7 Å². The summed E-state index contributed by atoms with van der Waals surface area (Å²) in [6.45, 7) is 2.07. The van der Waals surface area contributed by atoms with Crippen molar-refractivity contribution in [1.29, 1.82) is 0 Å². The van der Waals surface area contributed by atoms with Crippen molar-refractivity contribution >= 4 is 23.6 Å². The van der Waals surface area contributed by atoms with Gasteiger partial charge in [0.1, 0.15) is 0 Å². The van der Waals surface area contributed by atoms with Crippen LogP contribution in [0.3, 0.4) is 0 Å². The highest BCUT2D eigenvalue weighted by atomic mass is 16.2. The molecular formula is C26H34N6O4. The van der Waals surface area contributed by atoms with E-state index in [1.807, 2.05) is 60.7 Å². The summed E-state index contributed by atoms with van der Waals surface area (Å²) in [5.41, 5.74) is 1.97. The van der Waals surface area contributed by atoms with E-state index in [1.165, 1.54) is 0 Å². The van der Waals surface area contributed by atoms with Crippen LogP contribution in [0.25, 0.3) is 0 Å². The SMILES string of the molecule is O=C1CN(Cc2ccccc2)CC(=O)NCCNC(=O)CN(Cc2ccccc2)CC(=O)NCCN1. The van der Waals surface area contributed by atoms with E-state index < -0.39 is 0 Å². The highest BCUT2D eigenvalue weighted by molar-refractivity contribution is 5.82. The molecular weight excluding hydrogens is 460 g/mol. The summed E-state index contributed by atoms with van der Waals surface area (Å²) in [6.07, 6.45) is 0. The molecule has 10 heteroatoms. The molecule has 192 valence electrons. The van der Waals surface area contributed by atoms with Crippen LogP contribution in [0, 0.1) is 0 Å². The number of amides is 4. The van der Waals surface area contributed by atoms with Crippen molar-refractivity contribution in [2.24, 2.45) is 0 Å². The van der Waals surface area contributed by atoms with Gasteiger partial charge in [0.05, 0.1) is 26.2 Å². The lowest BCUT2D eigenvalue weighted by molar-refractivity contribution is -0.128. The average molecular weight is 495 g/mol. The van der Waals surface area contributed by atoms with Crippen LogP contribution in [0.1, 0.15) is 11.1 Å². The third-order valence-corrected chi connectivity index (χ3v) is 5.51. The quantitative estimate of drug-likeness (QED) is 0.453. The molecule has 2 aromatic rings. The average Bonchev–Trinajstić information content (AvgIpc) is 2.85. The fourth-order valence-corrected chi connectivity index (χ4v) is 3.86. The lowest BCUT2D eigenvalue weighted by Crippen LogP contribution is -2.47. The monoisotopic (exact) mass is 494 g/mol. The molecule has 1 saturated heterocycles. The van der Waals surface area contributed by atoms with E-state index in [9.17, 15) is 19.2 Å². The van der Waals surface area contributed by atoms with E-state index in [1.54, 1.807) is 9.80 Å². The van der Waals surface area contributed by atoms with Crippen LogP contribution in [-0.4, -0.2) is 85.8 Å². The zero-order valence-electron chi connectivity index (χ0n) is 20.4. The first kappa shape index (κ1) is 26.8. The van der Waals surface area contributed by atoms with Gasteiger partial charge in [-0.3, -0.25) is 29.0 Å². The minimum atomic E-state index is -0.230. The van der Waals surface area contributed by atoms with Crippen molar-refractivity contribution in [3.05, 3.63) is 71.8 Å². The minimum absolute atomic E-state index is 0.0395. The van der Waals surface area contributed by atoms with Crippen molar-refractivity contribution in [3.63, 3.8) is 0 Å². The minimum Gasteiger partial charge on any atom is -0.353 e. The molecule has 3 rings (SSSR count). The molecule has 4 amide bonds. The van der Waals surface area contributed by atoms with E-state index in [0.29, 0.717) is 13.1 Å². The van der Waals surface area contributed by atoms with Crippen LogP contribution in [0.5, 0.6) is 0 Å². The summed E-state index contributed by atoms with van der Waals surface area (Å²) in [5.74, 6) is -0.918. The molecule has 1 aliphatic rings. The molecule has 1 fully saturated rings. The fraction of sp³-hybridized carbons (Fsp3) is 0.385. The number of carbonyl (C=O) groups excluding carboxylic acids is 4. The maximum absolute atomic E-state index is 12.5. The first-order chi connectivity index (χ1) is 17.5. The van der Waals surface area contributed by atoms with Crippen molar-refractivity contribution in [2.75, 3.05) is 52.4 Å². The third kappa shape index (κ3) is 10.2. The smallest absolute Gasteiger partial charge is 0.234 e. The molecule has 1 heterocycles. The number of hydrogen-bond acceptors (Lipinski definition) is 6. The second-order valence-electron chi connectivity index (χ2n) is 8.66. The van der Waals surface area contributed by atoms with Crippen LogP contribution in [0.15, 0.2) is 60.7 Å². The van der Waals surface area contributed by atoms with Gasteiger partial charge in [0.25, 0.3) is 0 Å². The zero-order valence-corrected chi connectivity index (χ0v) is 20.4. The molecule has 36 heavy (non-hydrogen) atoms. The first-order valence-electron chi connectivity index (χ1n) is 12.1. The fourth-order valence-electron chi connectivity index (χ4n) is 3.86. The summed E-state index contributed by atoms with van der Waals surface area (Å²) in [7, 11) is 0. The maximum atomic E-state index is 12.5. The summed E-state index contributed by atoms with van der Waals surface area (Å²) >= 11 is 0. The van der Waals surface area contributed by atoms with E-state index >= 15 is 0 Å². The van der Waals surface area contributed by atoms with Crippen molar-refractivity contribution in [2.45, 2.75) is 13.1 Å². The van der Waals surface area contributed by atoms with E-state index in [4.69, 9.17) is 0 Å². The Kier molecular flexibility index (Phi) is 10.9. The van der Waals surface area contributed by atoms with Crippen molar-refractivity contribution in [1.82, 2.24) is 31.1 Å². The topological polar surface area (TPSA) is 123 Å². The van der Waals surface area contributed by atoms with Gasteiger partial charge in [0, 0.05) is 39.3 Å². The van der Waals surface area contributed by atoms with E-state index in [-0.39, 0.29) is 76.0 Å². The number of benzene rings is 2. The molecule has 2 aromatic carbocycles. The second kappa shape index (κ2) is 14.6. The normalized spacial score (nSPS) is 18.2. The molecule has 0 spiro atoms. The Labute approximate surface area is 211 Å². The van der Waals surface area contributed by atoms with Gasteiger partial charge in [-0.25, -0.2) is 0 Å². The van der Waals surface area contributed by atoms with Gasteiger partial charge in [0.15, 0.2) is 0 Å². The summed E-state index contributed by atoms with van der Waals surface area (Å²) in [4.78, 5) is 53.5. The van der Waals surface area contributed by atoms with Crippen molar-refractivity contribution < 1.29 is 19.2 Å². The molecule has 0 saturated carbocycles. The highest BCUT2D eigenvalue weighted by Crippen LogP contribution is 2.05. The Balaban J connectivity index is 1.61. The molecule has 0 unspecified atom stereocenters. The first-order valence-corrected chi connectivity index (χ1v) is 12.1. The summed E-state index contributed by atoms with van der Waals surface area (Å²) in [6, 6.07) is 19.2. The summed E-state index contributed by atoms with van der Waals surface area (Å²) in [5, 5.41) is 11.2. The molecule has 4 N–H and O–H groups in total. The van der Waals surface area contributed by atoms with Crippen LogP contribution >= 0.6 is 0 Å². The Bertz CT molecular complexity index is 881. The molecule has 0 bridgehead atoms. The van der Waals surface area contributed by atoms with Crippen LogP contribution in [-0.2, 0) is 32.3 Å². The molecule has 1 aliphatic heterocycles. The lowest BCUT2D eigenvalue weighted by Gasteiger charge is -2.23. The van der Waals surface area contributed by atoms with Gasteiger partial charge < -0.3 is 21.3 Å². The number of nitrogens with zero attached hydrogens (tertiary/aromatic N) is 2. The lowest BCUT2D eigenvalue weighted by atomic mass is 10.2. The predicted octanol–water partition coefficient (Wildman–Crippen LogP) is -0.531. The Morgan fingerprint density at radius 2 is 0.750 bits per heavy atom. The van der Waals surface area contributed by atoms with Gasteiger partial charge in [0.2, 0.25) is 23.6 Å². The van der Waals surface area contributed by atoms with Crippen LogP contribution < -0.4 is 21.3 Å². The van der Waals surface area contributed by atoms with Crippen molar-refractivity contribution in [3.8, 4) is 0 Å². The zero-order chi connectivity index (χ0) is 25.6. The molecule has 0 aliphatic carbocycles. The van der Waals surface area contributed by atoms with Crippen LogP contribution in [0.2, 0.25) is 0 Å². The number of hydrogen-bond donors (Lipinski definition) is 4. The van der Waals surface area contributed by atoms with E-state index in [2.05, 4.69) is 21.3 Å².